The van der Waals surface area contributed by atoms with E-state index >= 15 is 0 Å². The second kappa shape index (κ2) is 6.81. The third-order valence-electron chi connectivity index (χ3n) is 5.03. The maximum Gasteiger partial charge on any atom is 0.0190 e. The van der Waals surface area contributed by atoms with Gasteiger partial charge in [-0.3, -0.25) is 0 Å². The predicted molar refractivity (Wildman–Crippen MR) is 105 cm³/mol. The van der Waals surface area contributed by atoms with E-state index in [0.29, 0.717) is 11.8 Å². The molecule has 1 aliphatic rings. The smallest absolute Gasteiger partial charge is 0.0190 e. The fourth-order valence-electron chi connectivity index (χ4n) is 4.20. The van der Waals surface area contributed by atoms with Gasteiger partial charge in [-0.15, -0.1) is 0 Å². The van der Waals surface area contributed by atoms with Crippen LogP contribution in [-0.2, 0) is 0 Å². The summed E-state index contributed by atoms with van der Waals surface area (Å²) in [4.78, 5) is 0. The molecular formula is C24H28. The third-order valence-corrected chi connectivity index (χ3v) is 5.03. The molecule has 0 amide bonds. The van der Waals surface area contributed by atoms with Crippen LogP contribution in [0.1, 0.15) is 52.6 Å². The molecule has 0 heteroatoms. The van der Waals surface area contributed by atoms with Crippen LogP contribution in [-0.4, -0.2) is 0 Å². The standard InChI is InChI=1S/C24H28/c1-6-20-8-7-9-23(20)24(21-12-16(2)10-17(3)13-21)22-14-18(4)11-19(5)15-22/h7-15,23-24H,6H2,1-5H3. The minimum Gasteiger partial charge on any atom is -0.0764 e. The van der Waals surface area contributed by atoms with E-state index < -0.39 is 0 Å². The predicted octanol–water partition coefficient (Wildman–Crippen LogP) is 6.57. The van der Waals surface area contributed by atoms with Crippen molar-refractivity contribution in [3.8, 4) is 0 Å². The van der Waals surface area contributed by atoms with Crippen molar-refractivity contribution in [1.82, 2.24) is 0 Å². The number of benzene rings is 2. The summed E-state index contributed by atoms with van der Waals surface area (Å²) in [6.45, 7) is 11.1. The van der Waals surface area contributed by atoms with Crippen molar-refractivity contribution >= 4 is 0 Å². The lowest BCUT2D eigenvalue weighted by molar-refractivity contribution is 0.639. The van der Waals surface area contributed by atoms with Crippen molar-refractivity contribution in [3.05, 3.63) is 93.6 Å². The molecule has 3 rings (SSSR count). The van der Waals surface area contributed by atoms with E-state index in [1.54, 1.807) is 5.57 Å². The quantitative estimate of drug-likeness (QED) is 0.598. The molecule has 0 radical (unpaired) electrons. The van der Waals surface area contributed by atoms with Gasteiger partial charge < -0.3 is 0 Å². The minimum absolute atomic E-state index is 0.396. The summed E-state index contributed by atoms with van der Waals surface area (Å²) in [5, 5.41) is 0. The Morgan fingerprint density at radius 3 is 1.62 bits per heavy atom. The van der Waals surface area contributed by atoms with E-state index in [2.05, 4.69) is 89.2 Å². The lowest BCUT2D eigenvalue weighted by atomic mass is 9.76. The van der Waals surface area contributed by atoms with E-state index in [0.717, 1.165) is 6.42 Å². The van der Waals surface area contributed by atoms with Gasteiger partial charge in [-0.2, -0.15) is 0 Å². The first-order chi connectivity index (χ1) is 11.5. The van der Waals surface area contributed by atoms with Crippen molar-refractivity contribution in [2.75, 3.05) is 0 Å². The summed E-state index contributed by atoms with van der Waals surface area (Å²) in [6, 6.07) is 14.0. The van der Waals surface area contributed by atoms with Crippen molar-refractivity contribution in [1.29, 1.82) is 0 Å². The highest BCUT2D eigenvalue weighted by Gasteiger charge is 2.27. The van der Waals surface area contributed by atoms with Crippen LogP contribution in [0.25, 0.3) is 0 Å². The van der Waals surface area contributed by atoms with Crippen LogP contribution in [0.4, 0.5) is 0 Å². The molecule has 1 aliphatic carbocycles. The fraction of sp³-hybridized carbons (Fsp3) is 0.333. The molecule has 124 valence electrons. The zero-order valence-corrected chi connectivity index (χ0v) is 15.6. The summed E-state index contributed by atoms with van der Waals surface area (Å²) in [7, 11) is 0. The van der Waals surface area contributed by atoms with E-state index in [-0.39, 0.29) is 0 Å². The molecular weight excluding hydrogens is 288 g/mol. The van der Waals surface area contributed by atoms with Crippen LogP contribution < -0.4 is 0 Å². The number of hydrogen-bond donors (Lipinski definition) is 0. The van der Waals surface area contributed by atoms with Gasteiger partial charge in [-0.05, 0) is 45.2 Å². The molecule has 2 aromatic carbocycles. The lowest BCUT2D eigenvalue weighted by Gasteiger charge is -2.27. The molecule has 0 heterocycles. The van der Waals surface area contributed by atoms with Crippen molar-refractivity contribution in [3.63, 3.8) is 0 Å². The Bertz CT molecular complexity index is 713. The van der Waals surface area contributed by atoms with Gasteiger partial charge in [0.25, 0.3) is 0 Å². The minimum atomic E-state index is 0.396. The van der Waals surface area contributed by atoms with Gasteiger partial charge in [-0.1, -0.05) is 89.4 Å². The molecule has 0 bridgehead atoms. The maximum atomic E-state index is 2.39. The highest BCUT2D eigenvalue weighted by Crippen LogP contribution is 2.41. The first kappa shape index (κ1) is 16.8. The van der Waals surface area contributed by atoms with Crippen LogP contribution in [0.15, 0.2) is 60.2 Å². The first-order valence-electron chi connectivity index (χ1n) is 9.01. The van der Waals surface area contributed by atoms with Crippen LogP contribution in [0.3, 0.4) is 0 Å². The molecule has 0 saturated heterocycles. The number of aryl methyl sites for hydroxylation is 4. The Morgan fingerprint density at radius 2 is 1.21 bits per heavy atom. The molecule has 0 nitrogen and oxygen atoms in total. The third kappa shape index (κ3) is 3.38. The second-order valence-corrected chi connectivity index (χ2v) is 7.33. The van der Waals surface area contributed by atoms with Crippen LogP contribution in [0.5, 0.6) is 0 Å². The molecule has 0 fully saturated rings. The van der Waals surface area contributed by atoms with Crippen LogP contribution in [0, 0.1) is 33.6 Å². The normalized spacial score (nSPS) is 16.8. The van der Waals surface area contributed by atoms with Crippen LogP contribution in [0.2, 0.25) is 0 Å². The fourth-order valence-corrected chi connectivity index (χ4v) is 4.20. The lowest BCUT2D eigenvalue weighted by Crippen LogP contribution is -2.14. The van der Waals surface area contributed by atoms with Gasteiger partial charge >= 0.3 is 0 Å². The largest absolute Gasteiger partial charge is 0.0764 e. The zero-order valence-electron chi connectivity index (χ0n) is 15.6. The molecule has 0 saturated carbocycles. The molecule has 0 aromatic heterocycles. The Labute approximate surface area is 146 Å². The molecule has 0 spiro atoms. The van der Waals surface area contributed by atoms with Gasteiger partial charge in [0.2, 0.25) is 0 Å². The Hall–Kier alpha value is -2.08. The summed E-state index contributed by atoms with van der Waals surface area (Å²) < 4.78 is 0. The first-order valence-corrected chi connectivity index (χ1v) is 9.01. The summed E-state index contributed by atoms with van der Waals surface area (Å²) in [6.07, 6.45) is 8.05. The second-order valence-electron chi connectivity index (χ2n) is 7.33. The number of rotatable bonds is 4. The van der Waals surface area contributed by atoms with E-state index in [1.165, 1.54) is 33.4 Å². The van der Waals surface area contributed by atoms with Crippen molar-refractivity contribution < 1.29 is 0 Å². The molecule has 0 aliphatic heterocycles. The molecule has 2 aromatic rings. The Morgan fingerprint density at radius 1 is 0.750 bits per heavy atom. The van der Waals surface area contributed by atoms with Crippen molar-refractivity contribution in [2.24, 2.45) is 5.92 Å². The number of hydrogen-bond acceptors (Lipinski definition) is 0. The summed E-state index contributed by atoms with van der Waals surface area (Å²) >= 11 is 0. The topological polar surface area (TPSA) is 0 Å². The van der Waals surface area contributed by atoms with Gasteiger partial charge in [0.05, 0.1) is 0 Å². The van der Waals surface area contributed by atoms with Gasteiger partial charge in [0.1, 0.15) is 0 Å². The number of allylic oxidation sites excluding steroid dienone is 4. The van der Waals surface area contributed by atoms with Crippen molar-refractivity contribution in [2.45, 2.75) is 47.0 Å². The molecule has 1 atom stereocenters. The average Bonchev–Trinajstić information content (AvgIpc) is 2.93. The Kier molecular flexibility index (Phi) is 4.76. The average molecular weight is 316 g/mol. The van der Waals surface area contributed by atoms with E-state index in [9.17, 15) is 0 Å². The molecule has 24 heavy (non-hydrogen) atoms. The summed E-state index contributed by atoms with van der Waals surface area (Å²) in [5.41, 5.74) is 9.82. The maximum absolute atomic E-state index is 2.39. The molecule has 1 unspecified atom stereocenters. The molecule has 0 N–H and O–H groups in total. The summed E-state index contributed by atoms with van der Waals surface area (Å²) in [5.74, 6) is 0.865. The zero-order chi connectivity index (χ0) is 17.3. The Balaban J connectivity index is 2.17. The SMILES string of the molecule is CCC1=CC=CC1C(c1cc(C)cc(C)c1)c1cc(C)cc(C)c1. The van der Waals surface area contributed by atoms with Gasteiger partial charge in [0.15, 0.2) is 0 Å². The van der Waals surface area contributed by atoms with Gasteiger partial charge in [0, 0.05) is 11.8 Å². The van der Waals surface area contributed by atoms with E-state index in [1.807, 2.05) is 0 Å². The monoisotopic (exact) mass is 316 g/mol. The van der Waals surface area contributed by atoms with Crippen LogP contribution >= 0.6 is 0 Å². The van der Waals surface area contributed by atoms with E-state index in [4.69, 9.17) is 0 Å². The van der Waals surface area contributed by atoms with Gasteiger partial charge in [-0.25, -0.2) is 0 Å². The highest BCUT2D eigenvalue weighted by atomic mass is 14.3. The highest BCUT2D eigenvalue weighted by molar-refractivity contribution is 5.45.